The smallest absolute Gasteiger partial charge is 0.240 e. The van der Waals surface area contributed by atoms with Gasteiger partial charge in [-0.3, -0.25) is 0 Å². The molecule has 130 valence electrons. The van der Waals surface area contributed by atoms with Crippen molar-refractivity contribution in [2.24, 2.45) is 0 Å². The Morgan fingerprint density at radius 3 is 2.20 bits per heavy atom. The zero-order valence-electron chi connectivity index (χ0n) is 12.8. The second-order valence-corrected chi connectivity index (χ2v) is 7.76. The van der Waals surface area contributed by atoms with Crippen LogP contribution in [0.3, 0.4) is 0 Å². The van der Waals surface area contributed by atoms with Crippen molar-refractivity contribution in [3.63, 3.8) is 0 Å². The minimum absolute atomic E-state index is 0.132. The number of aromatic nitrogens is 2. The largest absolute Gasteiger partial charge is 0.339 e. The summed E-state index contributed by atoms with van der Waals surface area (Å²) in [6.45, 7) is 0.132. The van der Waals surface area contributed by atoms with Gasteiger partial charge in [0, 0.05) is 28.6 Å². The van der Waals surface area contributed by atoms with Crippen molar-refractivity contribution >= 4 is 33.2 Å². The lowest BCUT2D eigenvalue weighted by molar-refractivity contribution is 0.379. The van der Waals surface area contributed by atoms with Gasteiger partial charge in [0.1, 0.15) is 0 Å². The fraction of sp³-hybridized carbons (Fsp3) is 0.125. The van der Waals surface area contributed by atoms with Gasteiger partial charge in [-0.2, -0.15) is 4.98 Å². The van der Waals surface area contributed by atoms with Crippen molar-refractivity contribution in [2.45, 2.75) is 11.3 Å². The number of hydrogen-bond acceptors (Lipinski definition) is 5. The molecule has 0 saturated carbocycles. The van der Waals surface area contributed by atoms with Crippen LogP contribution < -0.4 is 4.72 Å². The first-order chi connectivity index (χ1) is 11.9. The molecule has 0 bridgehead atoms. The van der Waals surface area contributed by atoms with Crippen LogP contribution in [0.1, 0.15) is 5.89 Å². The van der Waals surface area contributed by atoms with E-state index in [1.807, 2.05) is 0 Å². The third kappa shape index (κ3) is 4.58. The molecule has 3 rings (SSSR count). The zero-order chi connectivity index (χ0) is 17.9. The van der Waals surface area contributed by atoms with Crippen LogP contribution in [0.15, 0.2) is 57.9 Å². The predicted octanol–water partition coefficient (Wildman–Crippen LogP) is 3.56. The van der Waals surface area contributed by atoms with Gasteiger partial charge in [0.2, 0.25) is 21.7 Å². The Morgan fingerprint density at radius 1 is 0.960 bits per heavy atom. The van der Waals surface area contributed by atoms with Gasteiger partial charge in [-0.05, 0) is 48.5 Å². The minimum atomic E-state index is -3.61. The Kier molecular flexibility index (Phi) is 5.39. The SMILES string of the molecule is O=S(=O)(NCCc1nc(-c2ccc(Cl)cc2)no1)c1ccc(Cl)cc1. The molecule has 1 heterocycles. The van der Waals surface area contributed by atoms with Crippen LogP contribution in [0.5, 0.6) is 0 Å². The third-order valence-corrected chi connectivity index (χ3v) is 5.31. The number of benzene rings is 2. The van der Waals surface area contributed by atoms with Gasteiger partial charge in [-0.25, -0.2) is 13.1 Å². The van der Waals surface area contributed by atoms with Crippen LogP contribution >= 0.6 is 23.2 Å². The molecule has 0 saturated heterocycles. The molecule has 3 aromatic rings. The lowest BCUT2D eigenvalue weighted by Crippen LogP contribution is -2.26. The van der Waals surface area contributed by atoms with Crippen LogP contribution in [0.25, 0.3) is 11.4 Å². The van der Waals surface area contributed by atoms with Crippen LogP contribution in [0.2, 0.25) is 10.0 Å². The van der Waals surface area contributed by atoms with Gasteiger partial charge in [0.05, 0.1) is 4.90 Å². The molecule has 2 aromatic carbocycles. The Balaban J connectivity index is 1.61. The first kappa shape index (κ1) is 17.9. The highest BCUT2D eigenvalue weighted by molar-refractivity contribution is 7.89. The Labute approximate surface area is 154 Å². The summed E-state index contributed by atoms with van der Waals surface area (Å²) in [4.78, 5) is 4.38. The third-order valence-electron chi connectivity index (χ3n) is 3.33. The van der Waals surface area contributed by atoms with Crippen molar-refractivity contribution in [2.75, 3.05) is 6.54 Å². The molecule has 0 fully saturated rings. The van der Waals surface area contributed by atoms with Crippen LogP contribution in [-0.4, -0.2) is 25.1 Å². The highest BCUT2D eigenvalue weighted by Crippen LogP contribution is 2.19. The van der Waals surface area contributed by atoms with Gasteiger partial charge >= 0.3 is 0 Å². The zero-order valence-corrected chi connectivity index (χ0v) is 15.1. The molecule has 0 amide bonds. The lowest BCUT2D eigenvalue weighted by atomic mass is 10.2. The van der Waals surface area contributed by atoms with Crippen LogP contribution in [-0.2, 0) is 16.4 Å². The second kappa shape index (κ2) is 7.53. The minimum Gasteiger partial charge on any atom is -0.339 e. The van der Waals surface area contributed by atoms with Crippen molar-refractivity contribution in [3.05, 3.63) is 64.5 Å². The van der Waals surface area contributed by atoms with Crippen LogP contribution in [0, 0.1) is 0 Å². The molecule has 0 radical (unpaired) electrons. The van der Waals surface area contributed by atoms with E-state index >= 15 is 0 Å². The Bertz CT molecular complexity index is 955. The molecule has 0 unspecified atom stereocenters. The average Bonchev–Trinajstić information content (AvgIpc) is 3.04. The Hall–Kier alpha value is -1.93. The molecule has 0 aliphatic rings. The number of sulfonamides is 1. The van der Waals surface area contributed by atoms with Crippen molar-refractivity contribution in [3.8, 4) is 11.4 Å². The number of nitrogens with zero attached hydrogens (tertiary/aromatic N) is 2. The molecule has 6 nitrogen and oxygen atoms in total. The fourth-order valence-corrected chi connectivity index (χ4v) is 3.35. The molecule has 0 aliphatic heterocycles. The normalized spacial score (nSPS) is 11.6. The topological polar surface area (TPSA) is 85.1 Å². The van der Waals surface area contributed by atoms with E-state index in [-0.39, 0.29) is 17.9 Å². The van der Waals surface area contributed by atoms with E-state index in [9.17, 15) is 8.42 Å². The molecule has 1 N–H and O–H groups in total. The van der Waals surface area contributed by atoms with Crippen molar-refractivity contribution in [1.82, 2.24) is 14.9 Å². The van der Waals surface area contributed by atoms with E-state index in [1.165, 1.54) is 24.3 Å². The van der Waals surface area contributed by atoms with E-state index < -0.39 is 10.0 Å². The predicted molar refractivity (Wildman–Crippen MR) is 95.1 cm³/mol. The molecule has 0 atom stereocenters. The van der Waals surface area contributed by atoms with Gasteiger partial charge in [0.25, 0.3) is 0 Å². The Morgan fingerprint density at radius 2 is 1.56 bits per heavy atom. The van der Waals surface area contributed by atoms with Crippen molar-refractivity contribution in [1.29, 1.82) is 0 Å². The lowest BCUT2D eigenvalue weighted by Gasteiger charge is -2.05. The maximum absolute atomic E-state index is 12.2. The summed E-state index contributed by atoms with van der Waals surface area (Å²) < 4.78 is 31.9. The number of rotatable bonds is 6. The highest BCUT2D eigenvalue weighted by atomic mass is 35.5. The van der Waals surface area contributed by atoms with E-state index in [0.29, 0.717) is 21.8 Å². The number of hydrogen-bond donors (Lipinski definition) is 1. The number of nitrogens with one attached hydrogen (secondary N) is 1. The van der Waals surface area contributed by atoms with Gasteiger partial charge < -0.3 is 4.52 Å². The molecule has 1 aromatic heterocycles. The quantitative estimate of drug-likeness (QED) is 0.686. The summed E-state index contributed by atoms with van der Waals surface area (Å²) >= 11 is 11.6. The monoisotopic (exact) mass is 397 g/mol. The van der Waals surface area contributed by atoms with Gasteiger partial charge in [0.15, 0.2) is 0 Å². The van der Waals surface area contributed by atoms with Gasteiger partial charge in [-0.1, -0.05) is 28.4 Å². The van der Waals surface area contributed by atoms with E-state index in [4.69, 9.17) is 27.7 Å². The maximum Gasteiger partial charge on any atom is 0.240 e. The first-order valence-electron chi connectivity index (χ1n) is 7.28. The summed E-state index contributed by atoms with van der Waals surface area (Å²) in [6.07, 6.45) is 0.271. The van der Waals surface area contributed by atoms with E-state index in [1.54, 1.807) is 24.3 Å². The molecular weight excluding hydrogens is 385 g/mol. The summed E-state index contributed by atoms with van der Waals surface area (Å²) in [7, 11) is -3.61. The molecule has 0 aliphatic carbocycles. The second-order valence-electron chi connectivity index (χ2n) is 5.12. The molecule has 0 spiro atoms. The summed E-state index contributed by atoms with van der Waals surface area (Å²) in [5.41, 5.74) is 0.765. The maximum atomic E-state index is 12.2. The molecule has 9 heteroatoms. The van der Waals surface area contributed by atoms with Crippen LogP contribution in [0.4, 0.5) is 0 Å². The van der Waals surface area contributed by atoms with Gasteiger partial charge in [-0.15, -0.1) is 0 Å². The van der Waals surface area contributed by atoms with E-state index in [0.717, 1.165) is 5.56 Å². The molecular formula is C16H13Cl2N3O3S. The highest BCUT2D eigenvalue weighted by Gasteiger charge is 2.14. The summed E-state index contributed by atoms with van der Waals surface area (Å²) in [6, 6.07) is 12.9. The van der Waals surface area contributed by atoms with E-state index in [2.05, 4.69) is 14.9 Å². The number of halogens is 2. The first-order valence-corrected chi connectivity index (χ1v) is 9.52. The van der Waals surface area contributed by atoms with Crippen molar-refractivity contribution < 1.29 is 12.9 Å². The standard InChI is InChI=1S/C16H13Cl2N3O3S/c17-12-3-1-11(2-4-12)16-20-15(24-21-16)9-10-19-25(22,23)14-7-5-13(18)6-8-14/h1-8,19H,9-10H2. The summed E-state index contributed by atoms with van der Waals surface area (Å²) in [5.74, 6) is 0.760. The molecule has 25 heavy (non-hydrogen) atoms. The average molecular weight is 398 g/mol. The fourth-order valence-electron chi connectivity index (χ4n) is 2.06. The summed E-state index contributed by atoms with van der Waals surface area (Å²) in [5, 5.41) is 4.96.